The number of halogens is 2. The first-order valence-corrected chi connectivity index (χ1v) is 4.63. The first-order valence-electron chi connectivity index (χ1n) is 2.71. The minimum Gasteiger partial charge on any atom is -1.00 e. The molecular formula is C6H6Cl2N2P2Zr. The Morgan fingerprint density at radius 1 is 0.846 bits per heavy atom. The van der Waals surface area contributed by atoms with Gasteiger partial charge in [0, 0.05) is 0 Å². The third-order valence-corrected chi connectivity index (χ3v) is 1.84. The molecule has 0 amide bonds. The fraction of sp³-hybridized carbons (Fsp3) is 0. The molecule has 0 saturated carbocycles. The van der Waals surface area contributed by atoms with Crippen molar-refractivity contribution in [2.75, 3.05) is 0 Å². The van der Waals surface area contributed by atoms with Crippen LogP contribution >= 0.6 is 16.7 Å². The zero-order valence-corrected chi connectivity index (χ0v) is 12.2. The van der Waals surface area contributed by atoms with Crippen molar-refractivity contribution in [1.82, 2.24) is 9.49 Å². The molecule has 0 bridgehead atoms. The van der Waals surface area contributed by atoms with Gasteiger partial charge in [0.2, 0.25) is 0 Å². The van der Waals surface area contributed by atoms with Gasteiger partial charge in [-0.05, 0) is 0 Å². The van der Waals surface area contributed by atoms with E-state index in [2.05, 4.69) is 21.9 Å². The van der Waals surface area contributed by atoms with Crippen LogP contribution in [0.4, 0.5) is 0 Å². The second-order valence-electron chi connectivity index (χ2n) is 1.40. The Hall–Kier alpha value is 0.883. The summed E-state index contributed by atoms with van der Waals surface area (Å²) < 4.78 is 5.67. The third kappa shape index (κ3) is 12.9. The van der Waals surface area contributed by atoms with Crippen LogP contribution in [-0.2, 0) is 26.2 Å². The normalized spacial score (nSPS) is 7.38. The summed E-state index contributed by atoms with van der Waals surface area (Å²) in [6.45, 7) is 0. The van der Waals surface area contributed by atoms with E-state index in [1.807, 2.05) is 23.7 Å². The van der Waals surface area contributed by atoms with Crippen molar-refractivity contribution >= 4 is 16.7 Å². The first-order chi connectivity index (χ1) is 5.00. The molecule has 0 radical (unpaired) electrons. The number of hydrogen-bond donors (Lipinski definition) is 2. The van der Waals surface area contributed by atoms with Crippen LogP contribution in [0.1, 0.15) is 0 Å². The van der Waals surface area contributed by atoms with Gasteiger partial charge >= 0.3 is 26.2 Å². The van der Waals surface area contributed by atoms with Crippen molar-refractivity contribution in [3.8, 4) is 0 Å². The molecule has 2 aromatic heterocycles. The molecule has 0 atom stereocenters. The van der Waals surface area contributed by atoms with E-state index in [4.69, 9.17) is 0 Å². The van der Waals surface area contributed by atoms with Gasteiger partial charge in [0.1, 0.15) is 0 Å². The summed E-state index contributed by atoms with van der Waals surface area (Å²) in [7, 11) is 2.30. The summed E-state index contributed by atoms with van der Waals surface area (Å²) in [5.41, 5.74) is 0. The van der Waals surface area contributed by atoms with E-state index in [1.165, 1.54) is 0 Å². The Morgan fingerprint density at radius 2 is 1.23 bits per heavy atom. The smallest absolute Gasteiger partial charge is 1.00 e. The van der Waals surface area contributed by atoms with Gasteiger partial charge in [-0.25, -0.2) is 12.1 Å². The van der Waals surface area contributed by atoms with Gasteiger partial charge in [-0.15, -0.1) is 16.7 Å². The maximum Gasteiger partial charge on any atom is 4.00 e. The number of H-pyrrole nitrogens is 2. The van der Waals surface area contributed by atoms with E-state index in [0.717, 1.165) is 16.7 Å². The molecule has 2 rings (SSSR count). The van der Waals surface area contributed by atoms with Gasteiger partial charge in [0.05, 0.1) is 0 Å². The molecular weight excluding hydrogens is 324 g/mol. The molecule has 2 N–H and O–H groups in total. The Morgan fingerprint density at radius 3 is 1.31 bits per heavy atom. The van der Waals surface area contributed by atoms with Crippen molar-refractivity contribution in [2.45, 2.75) is 0 Å². The number of aromatic nitrogens is 2. The monoisotopic (exact) mass is 328 g/mol. The Kier molecular flexibility index (Phi) is 23.0. The standard InChI is InChI=1S/2C3H3NP.2ClH.Zr/c2*1-2-4-5-3-1;;;/h2*1,3-4H;2*1H;/q2*-1;;;+4/p-2. The summed E-state index contributed by atoms with van der Waals surface area (Å²) in [6, 6.07) is 3.73. The van der Waals surface area contributed by atoms with Crippen LogP contribution in [0.5, 0.6) is 0 Å². The van der Waals surface area contributed by atoms with Crippen molar-refractivity contribution in [3.63, 3.8) is 0 Å². The van der Waals surface area contributed by atoms with Gasteiger partial charge in [0.15, 0.2) is 0 Å². The summed E-state index contributed by atoms with van der Waals surface area (Å²) in [5.74, 6) is 3.97. The summed E-state index contributed by atoms with van der Waals surface area (Å²) in [6.07, 6.45) is 5.56. The summed E-state index contributed by atoms with van der Waals surface area (Å²) in [5, 5.41) is 0. The van der Waals surface area contributed by atoms with Crippen LogP contribution in [0.15, 0.2) is 23.7 Å². The van der Waals surface area contributed by atoms with Crippen LogP contribution < -0.4 is 24.8 Å². The SMILES string of the molecule is [Cl-].[Cl-].[Zr+4].[c-]1ccp[nH]1.[c-]1ccp[nH]1. The maximum absolute atomic E-state index is 2.83. The second kappa shape index (κ2) is 15.4. The van der Waals surface area contributed by atoms with Crippen molar-refractivity contribution in [2.24, 2.45) is 0 Å². The Balaban J connectivity index is -0.000000125. The summed E-state index contributed by atoms with van der Waals surface area (Å²) >= 11 is 0. The zero-order chi connectivity index (χ0) is 7.07. The number of aromatic amines is 2. The minimum atomic E-state index is 0. The molecule has 0 spiro atoms. The van der Waals surface area contributed by atoms with E-state index in [0.29, 0.717) is 0 Å². The molecule has 2 heterocycles. The molecule has 13 heavy (non-hydrogen) atoms. The Bertz CT molecular complexity index is 166. The molecule has 0 aliphatic carbocycles. The molecule has 68 valence electrons. The van der Waals surface area contributed by atoms with Crippen molar-refractivity contribution in [3.05, 3.63) is 36.1 Å². The van der Waals surface area contributed by atoms with Gasteiger partial charge in [-0.3, -0.25) is 0 Å². The Labute approximate surface area is 113 Å². The first kappa shape index (κ1) is 19.5. The van der Waals surface area contributed by atoms with Crippen LogP contribution in [0, 0.1) is 12.4 Å². The minimum absolute atomic E-state index is 0. The molecule has 0 aromatic carbocycles. The predicted octanol–water partition coefficient (Wildman–Crippen LogP) is -3.20. The molecule has 2 aromatic rings. The average Bonchev–Trinajstić information content (AvgIpc) is 2.67. The van der Waals surface area contributed by atoms with Crippen LogP contribution in [0.3, 0.4) is 0 Å². The zero-order valence-electron chi connectivity index (χ0n) is 6.46. The van der Waals surface area contributed by atoms with Crippen LogP contribution in [0.25, 0.3) is 0 Å². The van der Waals surface area contributed by atoms with E-state index >= 15 is 0 Å². The topological polar surface area (TPSA) is 31.6 Å². The molecule has 7 heteroatoms. The van der Waals surface area contributed by atoms with E-state index < -0.39 is 0 Å². The largest absolute Gasteiger partial charge is 4.00 e. The summed E-state index contributed by atoms with van der Waals surface area (Å²) in [4.78, 5) is 0. The molecule has 2 nitrogen and oxygen atoms in total. The average molecular weight is 330 g/mol. The quantitative estimate of drug-likeness (QED) is 0.477. The second-order valence-corrected chi connectivity index (χ2v) is 2.96. The maximum atomic E-state index is 2.83. The molecule has 0 fully saturated rings. The van der Waals surface area contributed by atoms with Gasteiger partial charge in [-0.1, -0.05) is 0 Å². The van der Waals surface area contributed by atoms with E-state index in [1.54, 1.807) is 0 Å². The van der Waals surface area contributed by atoms with Crippen LogP contribution in [0.2, 0.25) is 0 Å². The molecule has 0 saturated heterocycles. The number of hydrogen-bond acceptors (Lipinski definition) is 0. The van der Waals surface area contributed by atoms with Crippen molar-refractivity contribution < 1.29 is 51.0 Å². The van der Waals surface area contributed by atoms with Crippen LogP contribution in [-0.4, -0.2) is 9.49 Å². The predicted molar refractivity (Wildman–Crippen MR) is 44.3 cm³/mol. The van der Waals surface area contributed by atoms with Gasteiger partial charge in [0.25, 0.3) is 0 Å². The van der Waals surface area contributed by atoms with E-state index in [-0.39, 0.29) is 51.0 Å². The molecule has 0 unspecified atom stereocenters. The number of nitrogens with one attached hydrogen (secondary N) is 2. The fourth-order valence-corrected chi connectivity index (χ4v) is 1.12. The van der Waals surface area contributed by atoms with Gasteiger partial charge < -0.3 is 34.3 Å². The third-order valence-electron chi connectivity index (χ3n) is 0.723. The number of rotatable bonds is 0. The van der Waals surface area contributed by atoms with Crippen molar-refractivity contribution in [1.29, 1.82) is 0 Å². The fourth-order valence-electron chi connectivity index (χ4n) is 0.373. The molecule has 0 aliphatic rings. The molecule has 0 aliphatic heterocycles. The van der Waals surface area contributed by atoms with E-state index in [9.17, 15) is 0 Å². The van der Waals surface area contributed by atoms with Gasteiger partial charge in [-0.2, -0.15) is 24.0 Å².